The molecule has 2 amide bonds. The van der Waals surface area contributed by atoms with Gasteiger partial charge in [0.05, 0.1) is 25.6 Å². The highest BCUT2D eigenvalue weighted by atomic mass is 16.5. The molecular formula is C22H23N3O3. The lowest BCUT2D eigenvalue weighted by Crippen LogP contribution is -2.44. The molecule has 0 radical (unpaired) electrons. The lowest BCUT2D eigenvalue weighted by atomic mass is 10.2. The van der Waals surface area contributed by atoms with Gasteiger partial charge in [0.25, 0.3) is 0 Å². The van der Waals surface area contributed by atoms with Crippen LogP contribution in [0.2, 0.25) is 0 Å². The number of ether oxygens (including phenoxy) is 2. The van der Waals surface area contributed by atoms with E-state index in [2.05, 4.69) is 10.7 Å². The second-order valence-electron chi connectivity index (χ2n) is 5.99. The van der Waals surface area contributed by atoms with E-state index in [0.29, 0.717) is 18.0 Å². The largest absolute Gasteiger partial charge is 0.493 e. The molecule has 144 valence electrons. The second kappa shape index (κ2) is 9.32. The van der Waals surface area contributed by atoms with Crippen LogP contribution in [-0.4, -0.2) is 20.3 Å². The number of methoxy groups -OCH3 is 2. The molecule has 0 aromatic heterocycles. The summed E-state index contributed by atoms with van der Waals surface area (Å²) in [6.45, 7) is 0.351. The Balaban J connectivity index is 1.69. The number of nitrogens with one attached hydrogen (secondary N) is 2. The number of anilines is 2. The van der Waals surface area contributed by atoms with Crippen LogP contribution in [0.25, 0.3) is 0 Å². The van der Waals surface area contributed by atoms with Crippen molar-refractivity contribution in [1.82, 2.24) is 10.7 Å². The number of benzene rings is 3. The highest BCUT2D eigenvalue weighted by molar-refractivity contribution is 5.79. The molecule has 28 heavy (non-hydrogen) atoms. The van der Waals surface area contributed by atoms with E-state index in [4.69, 9.17) is 9.47 Å². The van der Waals surface area contributed by atoms with E-state index in [-0.39, 0.29) is 6.03 Å². The van der Waals surface area contributed by atoms with Crippen molar-refractivity contribution in [2.75, 3.05) is 19.2 Å². The maximum absolute atomic E-state index is 12.5. The smallest absolute Gasteiger partial charge is 0.334 e. The summed E-state index contributed by atoms with van der Waals surface area (Å²) in [4.78, 5) is 12.5. The quantitative estimate of drug-likeness (QED) is 0.604. The van der Waals surface area contributed by atoms with Gasteiger partial charge in [-0.1, -0.05) is 42.5 Å². The number of carbonyl (C=O) groups excluding carboxylic acids is 1. The third-order valence-corrected chi connectivity index (χ3v) is 4.14. The lowest BCUT2D eigenvalue weighted by Gasteiger charge is -2.25. The molecule has 0 fully saturated rings. The number of para-hydroxylation sites is 2. The van der Waals surface area contributed by atoms with Crippen LogP contribution >= 0.6 is 0 Å². The molecule has 0 bridgehead atoms. The van der Waals surface area contributed by atoms with Gasteiger partial charge in [-0.25, -0.2) is 10.2 Å². The molecular weight excluding hydrogens is 354 g/mol. The van der Waals surface area contributed by atoms with Gasteiger partial charge in [0, 0.05) is 6.54 Å². The highest BCUT2D eigenvalue weighted by Gasteiger charge is 2.12. The molecule has 0 spiro atoms. The van der Waals surface area contributed by atoms with Crippen LogP contribution in [0.1, 0.15) is 5.56 Å². The summed E-state index contributed by atoms with van der Waals surface area (Å²) in [5.41, 5.74) is 5.51. The molecule has 2 N–H and O–H groups in total. The molecule has 0 heterocycles. The topological polar surface area (TPSA) is 62.8 Å². The fourth-order valence-electron chi connectivity index (χ4n) is 2.75. The molecule has 0 aliphatic carbocycles. The van der Waals surface area contributed by atoms with Crippen LogP contribution in [0.15, 0.2) is 78.9 Å². The van der Waals surface area contributed by atoms with Gasteiger partial charge in [-0.15, -0.1) is 0 Å². The molecule has 0 aliphatic heterocycles. The normalized spacial score (nSPS) is 10.1. The van der Waals surface area contributed by atoms with Gasteiger partial charge < -0.3 is 14.8 Å². The highest BCUT2D eigenvalue weighted by Crippen LogP contribution is 2.27. The molecule has 0 saturated carbocycles. The predicted molar refractivity (Wildman–Crippen MR) is 110 cm³/mol. The second-order valence-corrected chi connectivity index (χ2v) is 5.99. The maximum atomic E-state index is 12.5. The summed E-state index contributed by atoms with van der Waals surface area (Å²) < 4.78 is 10.5. The number of carbonyl (C=O) groups is 1. The first-order valence-electron chi connectivity index (χ1n) is 8.87. The van der Waals surface area contributed by atoms with E-state index in [0.717, 1.165) is 16.9 Å². The third kappa shape index (κ3) is 4.73. The van der Waals surface area contributed by atoms with Gasteiger partial charge in [-0.2, -0.15) is 0 Å². The third-order valence-electron chi connectivity index (χ3n) is 4.14. The molecule has 3 aromatic rings. The number of hydrogen-bond donors (Lipinski definition) is 2. The van der Waals surface area contributed by atoms with Crippen LogP contribution < -0.4 is 25.2 Å². The Hall–Kier alpha value is -3.67. The van der Waals surface area contributed by atoms with Crippen molar-refractivity contribution in [3.63, 3.8) is 0 Å². The summed E-state index contributed by atoms with van der Waals surface area (Å²) in [5, 5.41) is 4.61. The van der Waals surface area contributed by atoms with E-state index in [1.165, 1.54) is 0 Å². The van der Waals surface area contributed by atoms with Gasteiger partial charge in [-0.05, 0) is 42.0 Å². The Morgan fingerprint density at radius 2 is 1.39 bits per heavy atom. The molecule has 0 saturated heterocycles. The minimum absolute atomic E-state index is 0.317. The average molecular weight is 377 g/mol. The zero-order valence-electron chi connectivity index (χ0n) is 15.9. The summed E-state index contributed by atoms with van der Waals surface area (Å²) in [7, 11) is 3.17. The molecule has 3 aromatic carbocycles. The maximum Gasteiger partial charge on any atom is 0.334 e. The fourth-order valence-corrected chi connectivity index (χ4v) is 2.75. The Morgan fingerprint density at radius 3 is 1.93 bits per heavy atom. The van der Waals surface area contributed by atoms with Gasteiger partial charge in [0.15, 0.2) is 11.5 Å². The Morgan fingerprint density at radius 1 is 0.821 bits per heavy atom. The summed E-state index contributed by atoms with van der Waals surface area (Å²) in [6, 6.07) is 24.5. The minimum atomic E-state index is -0.317. The number of urea groups is 1. The SMILES string of the molecule is COc1ccc(CNC(=O)NN(c2ccccc2)c2ccccc2)cc1OC. The van der Waals surface area contributed by atoms with Crippen LogP contribution in [0.3, 0.4) is 0 Å². The first-order valence-corrected chi connectivity index (χ1v) is 8.87. The zero-order valence-corrected chi connectivity index (χ0v) is 15.9. The summed E-state index contributed by atoms with van der Waals surface area (Å²) in [6.07, 6.45) is 0. The number of nitrogens with zero attached hydrogens (tertiary/aromatic N) is 1. The van der Waals surface area contributed by atoms with Crippen molar-refractivity contribution in [2.45, 2.75) is 6.54 Å². The number of hydrogen-bond acceptors (Lipinski definition) is 4. The van der Waals surface area contributed by atoms with Crippen molar-refractivity contribution in [3.05, 3.63) is 84.4 Å². The van der Waals surface area contributed by atoms with Gasteiger partial charge in [0.1, 0.15) is 0 Å². The molecule has 0 atom stereocenters. The number of amides is 2. The predicted octanol–water partition coefficient (Wildman–Crippen LogP) is 4.26. The molecule has 3 rings (SSSR count). The van der Waals surface area contributed by atoms with Crippen LogP contribution in [0.4, 0.5) is 16.2 Å². The van der Waals surface area contributed by atoms with Crippen molar-refractivity contribution in [1.29, 1.82) is 0 Å². The van der Waals surface area contributed by atoms with Crippen LogP contribution in [0, 0.1) is 0 Å². The van der Waals surface area contributed by atoms with Crippen LogP contribution in [0.5, 0.6) is 11.5 Å². The average Bonchev–Trinajstić information content (AvgIpc) is 2.77. The monoisotopic (exact) mass is 377 g/mol. The van der Waals surface area contributed by atoms with Crippen LogP contribution in [-0.2, 0) is 6.54 Å². The van der Waals surface area contributed by atoms with E-state index < -0.39 is 0 Å². The van der Waals surface area contributed by atoms with E-state index in [9.17, 15) is 4.79 Å². The standard InChI is InChI=1S/C22H23N3O3/c1-27-20-14-13-17(15-21(20)28-2)16-23-22(26)24-25(18-9-5-3-6-10-18)19-11-7-4-8-12-19/h3-15H,16H2,1-2H3,(H2,23,24,26). The van der Waals surface area contributed by atoms with E-state index in [1.807, 2.05) is 78.9 Å². The summed E-state index contributed by atoms with van der Waals surface area (Å²) >= 11 is 0. The zero-order chi connectivity index (χ0) is 19.8. The molecule has 0 aliphatic rings. The molecule has 6 nitrogen and oxygen atoms in total. The van der Waals surface area contributed by atoms with Gasteiger partial charge in [-0.3, -0.25) is 5.01 Å². The van der Waals surface area contributed by atoms with Crippen molar-refractivity contribution >= 4 is 17.4 Å². The van der Waals surface area contributed by atoms with E-state index >= 15 is 0 Å². The van der Waals surface area contributed by atoms with E-state index in [1.54, 1.807) is 19.2 Å². The minimum Gasteiger partial charge on any atom is -0.493 e. The van der Waals surface area contributed by atoms with Gasteiger partial charge >= 0.3 is 6.03 Å². The Bertz CT molecular complexity index is 862. The van der Waals surface area contributed by atoms with Gasteiger partial charge in [0.2, 0.25) is 0 Å². The van der Waals surface area contributed by atoms with Crippen molar-refractivity contribution in [3.8, 4) is 11.5 Å². The Kier molecular flexibility index (Phi) is 6.36. The molecule has 6 heteroatoms. The first-order chi connectivity index (χ1) is 13.7. The number of rotatable bonds is 7. The summed E-state index contributed by atoms with van der Waals surface area (Å²) in [5.74, 6) is 1.27. The van der Waals surface area contributed by atoms with Crippen molar-refractivity contribution < 1.29 is 14.3 Å². The lowest BCUT2D eigenvalue weighted by molar-refractivity contribution is 0.240. The van der Waals surface area contributed by atoms with Crippen molar-refractivity contribution in [2.24, 2.45) is 0 Å². The first kappa shape index (κ1) is 19.1. The fraction of sp³-hybridized carbons (Fsp3) is 0.136. The Labute approximate surface area is 164 Å². The molecule has 0 unspecified atom stereocenters. The number of hydrazine groups is 1.